The predicted molar refractivity (Wildman–Crippen MR) is 208 cm³/mol. The Kier molecular flexibility index (Phi) is 9.50. The number of halogens is 1. The molecule has 2 aromatic rings. The van der Waals surface area contributed by atoms with Crippen LogP contribution in [0.15, 0.2) is 82.4 Å². The summed E-state index contributed by atoms with van der Waals surface area (Å²) in [6.45, 7) is 20.6. The Labute approximate surface area is 327 Å². The molecule has 54 heavy (non-hydrogen) atoms. The summed E-state index contributed by atoms with van der Waals surface area (Å²) in [5.74, 6) is -2.13. The maximum absolute atomic E-state index is 13.9. The first kappa shape index (κ1) is 39.0. The summed E-state index contributed by atoms with van der Waals surface area (Å²) in [5.41, 5.74) is -1.06. The summed E-state index contributed by atoms with van der Waals surface area (Å²) in [6, 6.07) is 13.1. The Bertz CT molecular complexity index is 1950. The molecule has 0 radical (unpaired) electrons. The van der Waals surface area contributed by atoms with Gasteiger partial charge in [0.05, 0.1) is 23.6 Å². The lowest BCUT2D eigenvalue weighted by atomic mass is 9.55. The molecule has 3 aliphatic carbocycles. The monoisotopic (exact) mass is 822 g/mol. The zero-order valence-electron chi connectivity index (χ0n) is 32.5. The largest absolute Gasteiger partial charge is 0.540 e. The molecule has 3 fully saturated rings. The van der Waals surface area contributed by atoms with E-state index in [1.54, 1.807) is 19.1 Å². The van der Waals surface area contributed by atoms with Crippen LogP contribution in [0.3, 0.4) is 0 Å². The molecule has 2 heterocycles. The van der Waals surface area contributed by atoms with Crippen LogP contribution < -0.4 is 13.9 Å². The van der Waals surface area contributed by atoms with Crippen LogP contribution in [-0.2, 0) is 30.2 Å². The van der Waals surface area contributed by atoms with E-state index in [0.717, 1.165) is 11.1 Å². The highest BCUT2D eigenvalue weighted by atomic mass is 79.9. The number of hydrogen-bond donors (Lipinski definition) is 1. The van der Waals surface area contributed by atoms with Gasteiger partial charge in [-0.05, 0) is 88.6 Å². The molecule has 0 amide bonds. The van der Waals surface area contributed by atoms with E-state index in [4.69, 9.17) is 32.8 Å². The van der Waals surface area contributed by atoms with Gasteiger partial charge in [0.15, 0.2) is 17.3 Å². The molecule has 12 heteroatoms. The lowest BCUT2D eigenvalue weighted by molar-refractivity contribution is -0.421. The van der Waals surface area contributed by atoms with Crippen molar-refractivity contribution in [1.29, 1.82) is 0 Å². The Morgan fingerprint density at radius 3 is 2.48 bits per heavy atom. The van der Waals surface area contributed by atoms with Crippen molar-refractivity contribution in [1.82, 2.24) is 0 Å². The molecule has 0 spiro atoms. The van der Waals surface area contributed by atoms with Crippen LogP contribution in [0.5, 0.6) is 17.2 Å². The fraction of sp³-hybridized carbons (Fsp3) is 0.524. The normalized spacial score (nSPS) is 33.9. The van der Waals surface area contributed by atoms with Crippen LogP contribution in [-0.4, -0.2) is 68.0 Å². The van der Waals surface area contributed by atoms with Crippen LogP contribution >= 0.6 is 15.9 Å². The van der Waals surface area contributed by atoms with Crippen LogP contribution in [0.1, 0.15) is 59.9 Å². The van der Waals surface area contributed by atoms with Gasteiger partial charge in [-0.2, -0.15) is 0 Å². The first-order valence-corrected chi connectivity index (χ1v) is 22.2. The lowest BCUT2D eigenvalue weighted by Crippen LogP contribution is -2.70. The number of ketones is 1. The van der Waals surface area contributed by atoms with Crippen LogP contribution in [0, 0.1) is 17.8 Å². The Morgan fingerprint density at radius 1 is 1.13 bits per heavy atom. The van der Waals surface area contributed by atoms with E-state index in [1.165, 1.54) is 7.11 Å². The number of fused-ring (bicyclic) bond motifs is 2. The Morgan fingerprint density at radius 2 is 1.83 bits per heavy atom. The van der Waals surface area contributed by atoms with Gasteiger partial charge in [-0.25, -0.2) is 4.79 Å². The molecule has 5 aliphatic rings. The third kappa shape index (κ3) is 6.03. The second kappa shape index (κ2) is 13.2. The fourth-order valence-electron chi connectivity index (χ4n) is 9.03. The molecule has 2 aromatic carbocycles. The zero-order chi connectivity index (χ0) is 39.2. The molecule has 290 valence electrons. The van der Waals surface area contributed by atoms with E-state index >= 15 is 0 Å². The van der Waals surface area contributed by atoms with Crippen molar-refractivity contribution in [3.8, 4) is 17.2 Å². The SMILES string of the molecule is C=C(C)[C@]12C[C@@H](C)C34OC(Cc5ccccc5)(OC1[C@@H]3C=C(COC(=O)Oc1cc(Br)c(O[Si](C)(C)C(C)(C)C)c(OC)c1)C[C@]1(O)C(=O)C(C)=C[C@@H]41)O2. The standard InChI is InChI=1S/C42H51BrO10Si/c1-24(2)40-20-26(4)42-30(36(40)50-41(52-40,53-42)22-27-14-12-11-13-15-27)17-28(21-39(46)33(42)16-25(3)35(39)44)23-48-37(45)49-29-18-31(43)34(32(19-29)47-8)51-54(9,10)38(5,6)7/h11-19,26,30,33,36,46H,1,20-23H2,2-10H3/t26-,30+,33-,36?,39-,40-,41?,42?/m1/s1. The van der Waals surface area contributed by atoms with Crippen LogP contribution in [0.4, 0.5) is 4.79 Å². The summed E-state index contributed by atoms with van der Waals surface area (Å²) in [7, 11) is -0.698. The predicted octanol–water partition coefficient (Wildman–Crippen LogP) is 8.62. The molecule has 10 nitrogen and oxygen atoms in total. The number of benzene rings is 2. The molecular weight excluding hydrogens is 772 g/mol. The molecule has 7 rings (SSSR count). The quantitative estimate of drug-likeness (QED) is 0.114. The van der Waals surface area contributed by atoms with Gasteiger partial charge in [-0.3, -0.25) is 4.79 Å². The average Bonchev–Trinajstić information content (AvgIpc) is 3.39. The number of Topliss-reactive ketones (excluding diaryl/α,β-unsaturated/α-hetero) is 1. The van der Waals surface area contributed by atoms with E-state index in [-0.39, 0.29) is 35.5 Å². The van der Waals surface area contributed by atoms with Gasteiger partial charge in [0.25, 0.3) is 14.3 Å². The Hall–Kier alpha value is -3.26. The summed E-state index contributed by atoms with van der Waals surface area (Å²) in [5, 5.41) is 12.5. The van der Waals surface area contributed by atoms with Crippen molar-refractivity contribution in [3.05, 3.63) is 88.0 Å². The number of methoxy groups -OCH3 is 1. The number of carbonyl (C=O) groups excluding carboxylic acids is 2. The molecule has 0 aromatic heterocycles. The van der Waals surface area contributed by atoms with Gasteiger partial charge < -0.3 is 38.0 Å². The maximum atomic E-state index is 13.9. The molecule has 2 aliphatic heterocycles. The summed E-state index contributed by atoms with van der Waals surface area (Å²) in [6.07, 6.45) is 3.07. The van der Waals surface area contributed by atoms with Crippen LogP contribution in [0.25, 0.3) is 0 Å². The van der Waals surface area contributed by atoms with Crippen molar-refractivity contribution in [2.24, 2.45) is 17.8 Å². The highest BCUT2D eigenvalue weighted by Crippen LogP contribution is 2.68. The van der Waals surface area contributed by atoms with Crippen molar-refractivity contribution in [2.45, 2.75) is 108 Å². The fourth-order valence-corrected chi connectivity index (χ4v) is 10.7. The number of aliphatic hydroxyl groups is 1. The smallest absolute Gasteiger partial charge is 0.514 e. The van der Waals surface area contributed by atoms with E-state index < -0.39 is 55.2 Å². The number of rotatable bonds is 9. The van der Waals surface area contributed by atoms with E-state index in [0.29, 0.717) is 40.0 Å². The van der Waals surface area contributed by atoms with E-state index in [1.807, 2.05) is 49.4 Å². The third-order valence-electron chi connectivity index (χ3n) is 12.7. The highest BCUT2D eigenvalue weighted by molar-refractivity contribution is 9.10. The molecule has 3 unspecified atom stereocenters. The van der Waals surface area contributed by atoms with Crippen molar-refractivity contribution in [2.75, 3.05) is 13.7 Å². The van der Waals surface area contributed by atoms with Gasteiger partial charge in [-0.1, -0.05) is 76.8 Å². The molecule has 3 bridgehead atoms. The minimum absolute atomic E-state index is 0.0531. The molecule has 1 saturated carbocycles. The van der Waals surface area contributed by atoms with Crippen LogP contribution in [0.2, 0.25) is 18.1 Å². The maximum Gasteiger partial charge on any atom is 0.514 e. The summed E-state index contributed by atoms with van der Waals surface area (Å²) in [4.78, 5) is 27.2. The van der Waals surface area contributed by atoms with Crippen molar-refractivity contribution >= 4 is 36.2 Å². The second-order valence-corrected chi connectivity index (χ2v) is 22.8. The Balaban J connectivity index is 1.20. The van der Waals surface area contributed by atoms with E-state index in [9.17, 15) is 14.7 Å². The molecular formula is C42H51BrO10Si. The topological polar surface area (TPSA) is 119 Å². The first-order chi connectivity index (χ1) is 25.2. The van der Waals surface area contributed by atoms with Gasteiger partial charge in [0.1, 0.15) is 29.7 Å². The number of carbonyl (C=O) groups is 2. The molecule has 2 saturated heterocycles. The number of hydrogen-bond acceptors (Lipinski definition) is 10. The van der Waals surface area contributed by atoms with Crippen molar-refractivity contribution in [3.63, 3.8) is 0 Å². The molecule has 1 N–H and O–H groups in total. The van der Waals surface area contributed by atoms with Gasteiger partial charge in [0.2, 0.25) is 0 Å². The van der Waals surface area contributed by atoms with Gasteiger partial charge in [0, 0.05) is 24.3 Å². The van der Waals surface area contributed by atoms with Crippen molar-refractivity contribution < 1.29 is 47.5 Å². The van der Waals surface area contributed by atoms with Gasteiger partial charge >= 0.3 is 6.16 Å². The summed E-state index contributed by atoms with van der Waals surface area (Å²) >= 11 is 3.58. The van der Waals surface area contributed by atoms with Gasteiger partial charge in [-0.15, -0.1) is 0 Å². The molecule has 8 atom stereocenters. The number of ether oxygens (including phenoxy) is 6. The van der Waals surface area contributed by atoms with E-state index in [2.05, 4.69) is 63.3 Å². The first-order valence-electron chi connectivity index (χ1n) is 18.5. The second-order valence-electron chi connectivity index (χ2n) is 17.3. The third-order valence-corrected chi connectivity index (χ3v) is 17.6. The average molecular weight is 824 g/mol. The zero-order valence-corrected chi connectivity index (χ0v) is 35.1. The lowest BCUT2D eigenvalue weighted by Gasteiger charge is -2.59. The minimum atomic E-state index is -2.22. The highest BCUT2D eigenvalue weighted by Gasteiger charge is 2.79. The summed E-state index contributed by atoms with van der Waals surface area (Å²) < 4.78 is 45.1. The minimum Gasteiger partial charge on any atom is -0.540 e.